The van der Waals surface area contributed by atoms with E-state index in [1.54, 1.807) is 28.6 Å². The second-order valence-electron chi connectivity index (χ2n) is 4.21. The summed E-state index contributed by atoms with van der Waals surface area (Å²) in [6.45, 7) is 2.69. The maximum atomic E-state index is 12.5. The highest BCUT2D eigenvalue weighted by Gasteiger charge is 2.39. The number of nitrogens with zero attached hydrogens (tertiary/aromatic N) is 1. The second-order valence-corrected chi connectivity index (χ2v) is 7.70. The SMILES string of the molecule is CC[C@@H]1[C@@H](I)CCN1S(=O)(=O)c1ccccc1. The summed E-state index contributed by atoms with van der Waals surface area (Å²) in [4.78, 5) is 0.406. The lowest BCUT2D eigenvalue weighted by Gasteiger charge is -2.24. The minimum Gasteiger partial charge on any atom is -0.207 e. The third-order valence-corrected chi connectivity index (χ3v) is 6.57. The molecule has 1 aromatic rings. The van der Waals surface area contributed by atoms with Crippen molar-refractivity contribution in [1.29, 1.82) is 0 Å². The lowest BCUT2D eigenvalue weighted by atomic mass is 10.2. The van der Waals surface area contributed by atoms with Gasteiger partial charge in [0.15, 0.2) is 0 Å². The first kappa shape index (κ1) is 13.3. The van der Waals surface area contributed by atoms with Gasteiger partial charge in [-0.15, -0.1) is 0 Å². The Balaban J connectivity index is 2.34. The van der Waals surface area contributed by atoms with Crippen LogP contribution in [-0.2, 0) is 10.0 Å². The molecule has 0 radical (unpaired) electrons. The number of halogens is 1. The molecule has 2 rings (SSSR count). The molecule has 1 aliphatic heterocycles. The van der Waals surface area contributed by atoms with Crippen LogP contribution in [0.2, 0.25) is 0 Å². The largest absolute Gasteiger partial charge is 0.243 e. The molecule has 1 aliphatic rings. The first-order valence-electron chi connectivity index (χ1n) is 5.78. The summed E-state index contributed by atoms with van der Waals surface area (Å²) in [7, 11) is -3.30. The Morgan fingerprint density at radius 3 is 2.59 bits per heavy atom. The molecule has 0 saturated carbocycles. The lowest BCUT2D eigenvalue weighted by molar-refractivity contribution is 0.385. The zero-order valence-electron chi connectivity index (χ0n) is 9.71. The van der Waals surface area contributed by atoms with Crippen LogP contribution in [0.15, 0.2) is 35.2 Å². The number of rotatable bonds is 3. The Labute approximate surface area is 116 Å². The van der Waals surface area contributed by atoms with Crippen LogP contribution in [-0.4, -0.2) is 29.2 Å². The Hall–Kier alpha value is -0.140. The van der Waals surface area contributed by atoms with E-state index in [9.17, 15) is 8.42 Å². The first-order valence-corrected chi connectivity index (χ1v) is 8.47. The molecule has 0 N–H and O–H groups in total. The van der Waals surface area contributed by atoms with Gasteiger partial charge in [-0.05, 0) is 25.0 Å². The predicted molar refractivity (Wildman–Crippen MR) is 76.8 cm³/mol. The van der Waals surface area contributed by atoms with Crippen molar-refractivity contribution in [2.24, 2.45) is 0 Å². The van der Waals surface area contributed by atoms with E-state index in [-0.39, 0.29) is 6.04 Å². The van der Waals surface area contributed by atoms with Crippen LogP contribution in [0.1, 0.15) is 19.8 Å². The van der Waals surface area contributed by atoms with Crippen molar-refractivity contribution in [2.75, 3.05) is 6.54 Å². The normalized spacial score (nSPS) is 26.2. The van der Waals surface area contributed by atoms with Crippen molar-refractivity contribution in [2.45, 2.75) is 34.6 Å². The van der Waals surface area contributed by atoms with Gasteiger partial charge in [0.2, 0.25) is 10.0 Å². The number of hydrogen-bond acceptors (Lipinski definition) is 2. The molecule has 1 saturated heterocycles. The van der Waals surface area contributed by atoms with E-state index in [1.807, 2.05) is 6.07 Å². The molecular formula is C12H16INO2S. The molecule has 5 heteroatoms. The molecule has 94 valence electrons. The van der Waals surface area contributed by atoms with Crippen molar-refractivity contribution in [3.8, 4) is 0 Å². The zero-order valence-corrected chi connectivity index (χ0v) is 12.7. The van der Waals surface area contributed by atoms with Gasteiger partial charge < -0.3 is 0 Å². The average molecular weight is 365 g/mol. The van der Waals surface area contributed by atoms with E-state index < -0.39 is 10.0 Å². The summed E-state index contributed by atoms with van der Waals surface area (Å²) in [5.74, 6) is 0. The van der Waals surface area contributed by atoms with Crippen molar-refractivity contribution in [3.05, 3.63) is 30.3 Å². The number of alkyl halides is 1. The van der Waals surface area contributed by atoms with E-state index in [0.29, 0.717) is 15.4 Å². The van der Waals surface area contributed by atoms with Gasteiger partial charge in [-0.1, -0.05) is 47.7 Å². The van der Waals surface area contributed by atoms with Gasteiger partial charge in [0.1, 0.15) is 0 Å². The molecule has 0 unspecified atom stereocenters. The van der Waals surface area contributed by atoms with Crippen molar-refractivity contribution < 1.29 is 8.42 Å². The fraction of sp³-hybridized carbons (Fsp3) is 0.500. The fourth-order valence-corrected chi connectivity index (χ4v) is 5.44. The monoisotopic (exact) mass is 365 g/mol. The highest BCUT2D eigenvalue weighted by Crippen LogP contribution is 2.32. The summed E-state index contributed by atoms with van der Waals surface area (Å²) in [5.41, 5.74) is 0. The van der Waals surface area contributed by atoms with Crippen molar-refractivity contribution >= 4 is 32.6 Å². The molecule has 0 aliphatic carbocycles. The third kappa shape index (κ3) is 2.51. The van der Waals surface area contributed by atoms with E-state index in [4.69, 9.17) is 0 Å². The summed E-state index contributed by atoms with van der Waals surface area (Å²) in [5, 5.41) is 0. The Kier molecular flexibility index (Phi) is 4.10. The zero-order chi connectivity index (χ0) is 12.5. The molecule has 3 nitrogen and oxygen atoms in total. The number of benzene rings is 1. The smallest absolute Gasteiger partial charge is 0.207 e. The quantitative estimate of drug-likeness (QED) is 0.610. The van der Waals surface area contributed by atoms with Crippen molar-refractivity contribution in [3.63, 3.8) is 0 Å². The maximum Gasteiger partial charge on any atom is 0.243 e. The van der Waals surface area contributed by atoms with E-state index >= 15 is 0 Å². The highest BCUT2D eigenvalue weighted by atomic mass is 127. The first-order chi connectivity index (χ1) is 8.07. The number of hydrogen-bond donors (Lipinski definition) is 0. The van der Waals surface area contributed by atoms with Gasteiger partial charge in [0.25, 0.3) is 0 Å². The van der Waals surface area contributed by atoms with Crippen LogP contribution in [0.4, 0.5) is 0 Å². The third-order valence-electron chi connectivity index (χ3n) is 3.18. The highest BCUT2D eigenvalue weighted by molar-refractivity contribution is 14.1. The molecule has 1 aromatic carbocycles. The summed E-state index contributed by atoms with van der Waals surface area (Å²) >= 11 is 2.36. The molecule has 2 atom stereocenters. The average Bonchev–Trinajstić information content (AvgIpc) is 2.72. The summed E-state index contributed by atoms with van der Waals surface area (Å²) in [6, 6.07) is 8.85. The Morgan fingerprint density at radius 1 is 1.35 bits per heavy atom. The van der Waals surface area contributed by atoms with Crippen LogP contribution in [0.5, 0.6) is 0 Å². The van der Waals surface area contributed by atoms with Gasteiger partial charge >= 0.3 is 0 Å². The van der Waals surface area contributed by atoms with Crippen LogP contribution >= 0.6 is 22.6 Å². The lowest BCUT2D eigenvalue weighted by Crippen LogP contribution is -2.37. The predicted octanol–water partition coefficient (Wildman–Crippen LogP) is 2.66. The second kappa shape index (κ2) is 5.24. The molecule has 0 amide bonds. The molecule has 0 bridgehead atoms. The molecule has 1 heterocycles. The summed E-state index contributed by atoms with van der Waals surface area (Å²) in [6.07, 6.45) is 1.82. The molecular weight excluding hydrogens is 349 g/mol. The van der Waals surface area contributed by atoms with Crippen LogP contribution < -0.4 is 0 Å². The van der Waals surface area contributed by atoms with Gasteiger partial charge in [0, 0.05) is 16.5 Å². The van der Waals surface area contributed by atoms with Crippen LogP contribution in [0.25, 0.3) is 0 Å². The van der Waals surface area contributed by atoms with Crippen LogP contribution in [0.3, 0.4) is 0 Å². The molecule has 0 spiro atoms. The molecule has 0 aromatic heterocycles. The Bertz CT molecular complexity index is 475. The topological polar surface area (TPSA) is 37.4 Å². The molecule has 1 fully saturated rings. The van der Waals surface area contributed by atoms with E-state index in [0.717, 1.165) is 12.8 Å². The maximum absolute atomic E-state index is 12.5. The van der Waals surface area contributed by atoms with E-state index in [2.05, 4.69) is 29.5 Å². The fourth-order valence-electron chi connectivity index (χ4n) is 2.27. The molecule has 17 heavy (non-hydrogen) atoms. The minimum atomic E-state index is -3.30. The van der Waals surface area contributed by atoms with Gasteiger partial charge in [-0.25, -0.2) is 8.42 Å². The number of sulfonamides is 1. The van der Waals surface area contributed by atoms with Gasteiger partial charge in [-0.2, -0.15) is 4.31 Å². The van der Waals surface area contributed by atoms with Gasteiger partial charge in [-0.3, -0.25) is 0 Å². The Morgan fingerprint density at radius 2 is 2.00 bits per heavy atom. The van der Waals surface area contributed by atoms with E-state index in [1.165, 1.54) is 0 Å². The minimum absolute atomic E-state index is 0.140. The van der Waals surface area contributed by atoms with Gasteiger partial charge in [0.05, 0.1) is 4.90 Å². The standard InChI is InChI=1S/C12H16INO2S/c1-2-12-11(13)8-9-14(12)17(15,16)10-6-4-3-5-7-10/h3-7,11-12H,2,8-9H2,1H3/t11-,12+/m0/s1. The van der Waals surface area contributed by atoms with Crippen LogP contribution in [0, 0.1) is 0 Å². The summed E-state index contributed by atoms with van der Waals surface area (Å²) < 4.78 is 27.0. The van der Waals surface area contributed by atoms with Crippen molar-refractivity contribution in [1.82, 2.24) is 4.31 Å².